The predicted molar refractivity (Wildman–Crippen MR) is 65.5 cm³/mol. The third kappa shape index (κ3) is 4.99. The fourth-order valence-electron chi connectivity index (χ4n) is 1.24. The van der Waals surface area contributed by atoms with Gasteiger partial charge in [-0.05, 0) is 13.3 Å². The van der Waals surface area contributed by atoms with Crippen LogP contribution in [0.1, 0.15) is 38.8 Å². The van der Waals surface area contributed by atoms with Crippen molar-refractivity contribution in [3.63, 3.8) is 0 Å². The first-order chi connectivity index (χ1) is 8.15. The Bertz CT molecular complexity index is 349. The molecular formula is C12H21N3O2. The maximum Gasteiger partial charge on any atom is 0.234 e. The fourth-order valence-corrected chi connectivity index (χ4v) is 1.24. The van der Waals surface area contributed by atoms with Crippen molar-refractivity contribution in [3.8, 4) is 0 Å². The number of hydrogen-bond acceptors (Lipinski definition) is 4. The summed E-state index contributed by atoms with van der Waals surface area (Å²) in [6.45, 7) is 6.81. The second-order valence-corrected chi connectivity index (χ2v) is 4.04. The van der Waals surface area contributed by atoms with E-state index in [1.807, 2.05) is 6.92 Å². The number of nitrogens with one attached hydrogen (secondary N) is 2. The van der Waals surface area contributed by atoms with E-state index in [9.17, 15) is 4.79 Å². The molecule has 1 rings (SSSR count). The summed E-state index contributed by atoms with van der Waals surface area (Å²) in [4.78, 5) is 15.5. The molecule has 1 atom stereocenters. The topological polar surface area (TPSA) is 67.2 Å². The second-order valence-electron chi connectivity index (χ2n) is 4.04. The number of aryl methyl sites for hydroxylation is 1. The van der Waals surface area contributed by atoms with Gasteiger partial charge in [-0.3, -0.25) is 4.79 Å². The molecule has 96 valence electrons. The highest BCUT2D eigenvalue weighted by Gasteiger charge is 2.06. The normalized spacial score (nSPS) is 12.4. The molecule has 1 heterocycles. The fraction of sp³-hybridized carbons (Fsp3) is 0.667. The van der Waals surface area contributed by atoms with Crippen molar-refractivity contribution in [2.45, 2.75) is 46.2 Å². The lowest BCUT2D eigenvalue weighted by atomic mass is 10.2. The highest BCUT2D eigenvalue weighted by molar-refractivity contribution is 5.77. The van der Waals surface area contributed by atoms with Gasteiger partial charge in [-0.15, -0.1) is 0 Å². The van der Waals surface area contributed by atoms with Gasteiger partial charge < -0.3 is 15.1 Å². The molecule has 1 unspecified atom stereocenters. The number of hydrogen-bond donors (Lipinski definition) is 2. The van der Waals surface area contributed by atoms with Crippen molar-refractivity contribution in [2.24, 2.45) is 0 Å². The van der Waals surface area contributed by atoms with Crippen LogP contribution in [0, 0.1) is 0 Å². The third-order valence-electron chi connectivity index (χ3n) is 2.61. The number of oxazole rings is 1. The van der Waals surface area contributed by atoms with E-state index in [2.05, 4.69) is 29.5 Å². The minimum atomic E-state index is -0.0402. The molecule has 0 fully saturated rings. The first-order valence-corrected chi connectivity index (χ1v) is 6.09. The minimum Gasteiger partial charge on any atom is -0.444 e. The van der Waals surface area contributed by atoms with Crippen LogP contribution in [0.3, 0.4) is 0 Å². The van der Waals surface area contributed by atoms with Gasteiger partial charge in [0.15, 0.2) is 0 Å². The number of aromatic nitrogens is 1. The van der Waals surface area contributed by atoms with Crippen LogP contribution < -0.4 is 10.6 Å². The zero-order valence-electron chi connectivity index (χ0n) is 10.7. The molecule has 1 aromatic heterocycles. The Morgan fingerprint density at radius 2 is 2.29 bits per heavy atom. The van der Waals surface area contributed by atoms with Gasteiger partial charge in [0.2, 0.25) is 11.8 Å². The minimum absolute atomic E-state index is 0.0402. The molecular weight excluding hydrogens is 218 g/mol. The maximum atomic E-state index is 11.5. The molecule has 0 radical (unpaired) electrons. The lowest BCUT2D eigenvalue weighted by Crippen LogP contribution is -2.37. The summed E-state index contributed by atoms with van der Waals surface area (Å²) in [5.74, 6) is 1.35. The van der Waals surface area contributed by atoms with Gasteiger partial charge in [0.25, 0.3) is 0 Å². The van der Waals surface area contributed by atoms with Crippen LogP contribution in [-0.2, 0) is 17.8 Å². The molecule has 0 spiro atoms. The summed E-state index contributed by atoms with van der Waals surface area (Å²) in [7, 11) is 0. The molecule has 0 aromatic carbocycles. The number of rotatable bonds is 7. The third-order valence-corrected chi connectivity index (χ3v) is 2.61. The van der Waals surface area contributed by atoms with Gasteiger partial charge in [-0.2, -0.15) is 0 Å². The van der Waals surface area contributed by atoms with Gasteiger partial charge in [-0.25, -0.2) is 4.98 Å². The van der Waals surface area contributed by atoms with Crippen molar-refractivity contribution in [1.29, 1.82) is 0 Å². The smallest absolute Gasteiger partial charge is 0.234 e. The number of carbonyl (C=O) groups is 1. The predicted octanol–water partition coefficient (Wildman–Crippen LogP) is 1.24. The summed E-state index contributed by atoms with van der Waals surface area (Å²) < 4.78 is 5.38. The van der Waals surface area contributed by atoms with Crippen LogP contribution in [0.5, 0.6) is 0 Å². The highest BCUT2D eigenvalue weighted by Crippen LogP contribution is 2.03. The highest BCUT2D eigenvalue weighted by atomic mass is 16.4. The first-order valence-electron chi connectivity index (χ1n) is 6.09. The van der Waals surface area contributed by atoms with Crippen molar-refractivity contribution in [2.75, 3.05) is 6.54 Å². The van der Waals surface area contributed by atoms with Crippen LogP contribution in [0.4, 0.5) is 0 Å². The Hall–Kier alpha value is -1.36. The molecule has 1 aromatic rings. The zero-order chi connectivity index (χ0) is 12.7. The van der Waals surface area contributed by atoms with Crippen LogP contribution in [0.2, 0.25) is 0 Å². The number of carbonyl (C=O) groups excluding carboxylic acids is 1. The van der Waals surface area contributed by atoms with Crippen molar-refractivity contribution in [1.82, 2.24) is 15.6 Å². The van der Waals surface area contributed by atoms with Crippen LogP contribution >= 0.6 is 0 Å². The average Bonchev–Trinajstić information content (AvgIpc) is 2.81. The Labute approximate surface area is 102 Å². The van der Waals surface area contributed by atoms with E-state index in [-0.39, 0.29) is 5.91 Å². The van der Waals surface area contributed by atoms with E-state index in [0.717, 1.165) is 18.6 Å². The van der Waals surface area contributed by atoms with Gasteiger partial charge in [0.05, 0.1) is 19.3 Å². The summed E-state index contributed by atoms with van der Waals surface area (Å²) in [5.41, 5.74) is 0. The van der Waals surface area contributed by atoms with E-state index in [4.69, 9.17) is 4.42 Å². The van der Waals surface area contributed by atoms with E-state index in [1.165, 1.54) is 0 Å². The molecule has 0 aliphatic carbocycles. The molecule has 0 aliphatic rings. The van der Waals surface area contributed by atoms with Crippen molar-refractivity contribution < 1.29 is 9.21 Å². The maximum absolute atomic E-state index is 11.5. The molecule has 0 saturated heterocycles. The SMILES string of the molecule is CCc1cnc(CNC(=O)CNC(C)CC)o1. The summed E-state index contributed by atoms with van der Waals surface area (Å²) in [6, 6.07) is 0.356. The Kier molecular flexibility index (Phi) is 5.69. The quantitative estimate of drug-likeness (QED) is 0.751. The molecule has 2 N–H and O–H groups in total. The van der Waals surface area contributed by atoms with E-state index < -0.39 is 0 Å². The lowest BCUT2D eigenvalue weighted by Gasteiger charge is -2.10. The summed E-state index contributed by atoms with van der Waals surface area (Å²) in [5, 5.41) is 5.88. The van der Waals surface area contributed by atoms with Crippen LogP contribution in [0.15, 0.2) is 10.6 Å². The second kappa shape index (κ2) is 7.06. The van der Waals surface area contributed by atoms with Gasteiger partial charge in [0, 0.05) is 12.5 Å². The monoisotopic (exact) mass is 239 g/mol. The molecule has 1 amide bonds. The standard InChI is InChI=1S/C12H21N3O2/c1-4-9(3)13-7-11(16)14-8-12-15-6-10(5-2)17-12/h6,9,13H,4-5,7-8H2,1-3H3,(H,14,16). The molecule has 5 heteroatoms. The van der Waals surface area contributed by atoms with Gasteiger partial charge in [0.1, 0.15) is 5.76 Å². The molecule has 17 heavy (non-hydrogen) atoms. The summed E-state index contributed by atoms with van der Waals surface area (Å²) >= 11 is 0. The number of amides is 1. The summed E-state index contributed by atoms with van der Waals surface area (Å²) in [6.07, 6.45) is 3.52. The van der Waals surface area contributed by atoms with E-state index in [0.29, 0.717) is 25.0 Å². The largest absolute Gasteiger partial charge is 0.444 e. The van der Waals surface area contributed by atoms with Gasteiger partial charge in [-0.1, -0.05) is 13.8 Å². The van der Waals surface area contributed by atoms with Crippen molar-refractivity contribution >= 4 is 5.91 Å². The molecule has 0 bridgehead atoms. The molecule has 5 nitrogen and oxygen atoms in total. The Morgan fingerprint density at radius 1 is 1.53 bits per heavy atom. The zero-order valence-corrected chi connectivity index (χ0v) is 10.7. The van der Waals surface area contributed by atoms with E-state index >= 15 is 0 Å². The Balaban J connectivity index is 2.23. The first kappa shape index (κ1) is 13.7. The lowest BCUT2D eigenvalue weighted by molar-refractivity contribution is -0.120. The van der Waals surface area contributed by atoms with Crippen molar-refractivity contribution in [3.05, 3.63) is 17.8 Å². The Morgan fingerprint density at radius 3 is 2.88 bits per heavy atom. The average molecular weight is 239 g/mol. The molecule has 0 saturated carbocycles. The number of nitrogens with zero attached hydrogens (tertiary/aromatic N) is 1. The van der Waals surface area contributed by atoms with Crippen LogP contribution in [0.25, 0.3) is 0 Å². The van der Waals surface area contributed by atoms with Gasteiger partial charge >= 0.3 is 0 Å². The van der Waals surface area contributed by atoms with E-state index in [1.54, 1.807) is 6.20 Å². The molecule has 0 aliphatic heterocycles. The van der Waals surface area contributed by atoms with Crippen LogP contribution in [-0.4, -0.2) is 23.5 Å².